The van der Waals surface area contributed by atoms with E-state index in [0.717, 1.165) is 5.56 Å². The van der Waals surface area contributed by atoms with Crippen molar-refractivity contribution in [3.05, 3.63) is 65.7 Å². The highest BCUT2D eigenvalue weighted by Gasteiger charge is 2.32. The van der Waals surface area contributed by atoms with Crippen LogP contribution in [0.3, 0.4) is 0 Å². The fourth-order valence-corrected chi connectivity index (χ4v) is 4.14. The number of carboxylic acids is 1. The number of benzene rings is 2. The smallest absolute Gasteiger partial charge is 0.408 e. The predicted molar refractivity (Wildman–Crippen MR) is 160 cm³/mol. The summed E-state index contributed by atoms with van der Waals surface area (Å²) in [5.41, 5.74) is 1.34. The summed E-state index contributed by atoms with van der Waals surface area (Å²) in [6.45, 7) is 4.61. The van der Waals surface area contributed by atoms with E-state index >= 15 is 0 Å². The minimum Gasteiger partial charge on any atom is -0.508 e. The van der Waals surface area contributed by atoms with Crippen LogP contribution in [0.1, 0.15) is 38.3 Å². The minimum atomic E-state index is -1.38. The molecule has 0 heterocycles. The van der Waals surface area contributed by atoms with Gasteiger partial charge in [0.1, 0.15) is 30.5 Å². The number of Topliss-reactive ketones (excluding diaryl/α,β-unsaturated/α-hetero) is 1. The number of phenolic OH excluding ortho intramolecular Hbond substituents is 1. The number of carbonyl (C=O) groups is 6. The lowest BCUT2D eigenvalue weighted by Gasteiger charge is -2.27. The van der Waals surface area contributed by atoms with Crippen molar-refractivity contribution < 1.29 is 43.7 Å². The van der Waals surface area contributed by atoms with Crippen LogP contribution in [-0.2, 0) is 41.7 Å². The van der Waals surface area contributed by atoms with E-state index in [4.69, 9.17) is 21.4 Å². The molecule has 0 aromatic heterocycles. The van der Waals surface area contributed by atoms with Crippen LogP contribution >= 0.6 is 11.6 Å². The molecule has 0 aliphatic carbocycles. The molecule has 14 heteroatoms. The molecule has 4 atom stereocenters. The standard InChI is InChI=1S/C30H37ClN4O9/c1-17(2)26(29(42)32-18(3)27(40)33-22(14-25(38)39)24(37)15-31)35-28(41)23(13-19-9-11-21(36)12-10-19)34-30(43)44-16-20-7-5-4-6-8-20/h4-12,17-18,22-23,26,36H,13-16H2,1-3H3,(H,32,42)(H,33,40)(H,34,43)(H,35,41)(H,38,39). The Labute approximate surface area is 259 Å². The van der Waals surface area contributed by atoms with Crippen LogP contribution in [0.2, 0.25) is 0 Å². The van der Waals surface area contributed by atoms with Gasteiger partial charge in [-0.1, -0.05) is 56.3 Å². The number of alkyl carbamates (subject to hydrolysis) is 1. The van der Waals surface area contributed by atoms with Gasteiger partial charge in [-0.3, -0.25) is 24.0 Å². The number of nitrogens with one attached hydrogen (secondary N) is 4. The van der Waals surface area contributed by atoms with E-state index in [1.54, 1.807) is 50.2 Å². The maximum atomic E-state index is 13.4. The molecule has 2 aromatic carbocycles. The van der Waals surface area contributed by atoms with Crippen LogP contribution in [0.4, 0.5) is 4.79 Å². The van der Waals surface area contributed by atoms with Crippen LogP contribution in [-0.4, -0.2) is 75.8 Å². The molecule has 4 amide bonds. The summed E-state index contributed by atoms with van der Waals surface area (Å²) >= 11 is 5.51. The Morgan fingerprint density at radius 2 is 1.41 bits per heavy atom. The Morgan fingerprint density at radius 3 is 1.98 bits per heavy atom. The van der Waals surface area contributed by atoms with E-state index in [1.165, 1.54) is 19.1 Å². The third kappa shape index (κ3) is 11.9. The number of hydrogen-bond donors (Lipinski definition) is 6. The third-order valence-corrected chi connectivity index (χ3v) is 6.68. The Balaban J connectivity index is 2.13. The molecule has 44 heavy (non-hydrogen) atoms. The minimum absolute atomic E-state index is 0.00262. The number of aliphatic carboxylic acids is 1. The van der Waals surface area contributed by atoms with Crippen molar-refractivity contribution >= 4 is 47.2 Å². The molecule has 0 saturated carbocycles. The molecule has 4 unspecified atom stereocenters. The highest BCUT2D eigenvalue weighted by atomic mass is 35.5. The Morgan fingerprint density at radius 1 is 0.773 bits per heavy atom. The number of carboxylic acid groups (broad SMARTS) is 1. The topological polar surface area (TPSA) is 200 Å². The second-order valence-corrected chi connectivity index (χ2v) is 10.6. The first kappa shape index (κ1) is 35.5. The molecule has 13 nitrogen and oxygen atoms in total. The van der Waals surface area contributed by atoms with E-state index < -0.39 is 78.0 Å². The van der Waals surface area contributed by atoms with Crippen LogP contribution < -0.4 is 21.3 Å². The van der Waals surface area contributed by atoms with Gasteiger partial charge in [-0.05, 0) is 36.1 Å². The van der Waals surface area contributed by atoms with Crippen molar-refractivity contribution in [2.24, 2.45) is 5.92 Å². The lowest BCUT2D eigenvalue weighted by atomic mass is 10.0. The van der Waals surface area contributed by atoms with Crippen molar-refractivity contribution in [1.82, 2.24) is 21.3 Å². The number of phenols is 1. The monoisotopic (exact) mass is 632 g/mol. The first-order valence-corrected chi connectivity index (χ1v) is 14.3. The summed E-state index contributed by atoms with van der Waals surface area (Å²) in [5, 5.41) is 28.5. The van der Waals surface area contributed by atoms with Crippen molar-refractivity contribution in [2.45, 2.75) is 64.4 Å². The molecular weight excluding hydrogens is 596 g/mol. The van der Waals surface area contributed by atoms with E-state index in [2.05, 4.69) is 21.3 Å². The van der Waals surface area contributed by atoms with Crippen molar-refractivity contribution in [2.75, 3.05) is 5.88 Å². The summed E-state index contributed by atoms with van der Waals surface area (Å²) < 4.78 is 5.26. The second kappa shape index (κ2) is 17.5. The quantitative estimate of drug-likeness (QED) is 0.149. The molecule has 0 saturated heterocycles. The molecule has 6 N–H and O–H groups in total. The number of rotatable bonds is 16. The van der Waals surface area contributed by atoms with Crippen LogP contribution in [0.5, 0.6) is 5.75 Å². The molecular formula is C30H37ClN4O9. The lowest BCUT2D eigenvalue weighted by Crippen LogP contribution is -2.58. The number of halogens is 1. The lowest BCUT2D eigenvalue weighted by molar-refractivity contribution is -0.140. The summed E-state index contributed by atoms with van der Waals surface area (Å²) in [4.78, 5) is 74.9. The maximum Gasteiger partial charge on any atom is 0.408 e. The van der Waals surface area contributed by atoms with Crippen molar-refractivity contribution in [1.29, 1.82) is 0 Å². The average Bonchev–Trinajstić information content (AvgIpc) is 2.98. The molecule has 0 aliphatic rings. The number of hydrogen-bond acceptors (Lipinski definition) is 8. The van der Waals surface area contributed by atoms with Crippen molar-refractivity contribution in [3.63, 3.8) is 0 Å². The molecule has 0 spiro atoms. The van der Waals surface area contributed by atoms with Gasteiger partial charge in [-0.25, -0.2) is 4.79 Å². The first-order chi connectivity index (χ1) is 20.8. The van der Waals surface area contributed by atoms with Gasteiger partial charge in [0, 0.05) is 6.42 Å². The van der Waals surface area contributed by atoms with Gasteiger partial charge in [0.05, 0.1) is 18.3 Å². The largest absolute Gasteiger partial charge is 0.508 e. The number of ether oxygens (including phenoxy) is 1. The summed E-state index contributed by atoms with van der Waals surface area (Å²) in [6.07, 6.45) is -1.56. The van der Waals surface area contributed by atoms with Gasteiger partial charge in [-0.2, -0.15) is 0 Å². The van der Waals surface area contributed by atoms with Gasteiger partial charge >= 0.3 is 12.1 Å². The van der Waals surface area contributed by atoms with Gasteiger partial charge in [-0.15, -0.1) is 11.6 Å². The molecule has 0 radical (unpaired) electrons. The SMILES string of the molecule is CC(NC(=O)C(NC(=O)C(Cc1ccc(O)cc1)NC(=O)OCc1ccccc1)C(C)C)C(=O)NC(CC(=O)O)C(=O)CCl. The normalized spacial score (nSPS) is 13.5. The van der Waals surface area contributed by atoms with Gasteiger partial charge in [0.2, 0.25) is 17.7 Å². The Kier molecular flexibility index (Phi) is 14.1. The molecule has 238 valence electrons. The first-order valence-electron chi connectivity index (χ1n) is 13.8. The number of aromatic hydroxyl groups is 1. The number of amides is 4. The summed E-state index contributed by atoms with van der Waals surface area (Å²) in [5.74, 6) is -5.27. The fraction of sp³-hybridized carbons (Fsp3) is 0.400. The highest BCUT2D eigenvalue weighted by Crippen LogP contribution is 2.13. The molecule has 0 fully saturated rings. The summed E-state index contributed by atoms with van der Waals surface area (Å²) in [7, 11) is 0. The molecule has 2 rings (SSSR count). The zero-order chi connectivity index (χ0) is 32.8. The van der Waals surface area contributed by atoms with Gasteiger partial charge in [0.15, 0.2) is 5.78 Å². The fourth-order valence-electron chi connectivity index (χ4n) is 3.95. The zero-order valence-electron chi connectivity index (χ0n) is 24.5. The van der Waals surface area contributed by atoms with Gasteiger partial charge < -0.3 is 36.2 Å². The average molecular weight is 633 g/mol. The second-order valence-electron chi connectivity index (χ2n) is 10.3. The van der Waals surface area contributed by atoms with E-state index in [-0.39, 0.29) is 18.8 Å². The number of carbonyl (C=O) groups excluding carboxylic acids is 5. The molecule has 2 aromatic rings. The van der Waals surface area contributed by atoms with E-state index in [1.807, 2.05) is 6.07 Å². The third-order valence-electron chi connectivity index (χ3n) is 6.41. The maximum absolute atomic E-state index is 13.4. The molecule has 0 aliphatic heterocycles. The van der Waals surface area contributed by atoms with Crippen molar-refractivity contribution in [3.8, 4) is 5.75 Å². The van der Waals surface area contributed by atoms with Crippen LogP contribution in [0.25, 0.3) is 0 Å². The summed E-state index contributed by atoms with van der Waals surface area (Å²) in [6, 6.07) is 9.99. The highest BCUT2D eigenvalue weighted by molar-refractivity contribution is 6.28. The van der Waals surface area contributed by atoms with E-state index in [9.17, 15) is 33.9 Å². The van der Waals surface area contributed by atoms with E-state index in [0.29, 0.717) is 5.56 Å². The van der Waals surface area contributed by atoms with Crippen LogP contribution in [0.15, 0.2) is 54.6 Å². The predicted octanol–water partition coefficient (Wildman–Crippen LogP) is 1.64. The zero-order valence-corrected chi connectivity index (χ0v) is 25.3. The molecule has 0 bridgehead atoms. The Hall–Kier alpha value is -4.65. The number of ketones is 1. The van der Waals surface area contributed by atoms with Crippen LogP contribution in [0, 0.1) is 5.92 Å². The number of alkyl halides is 1. The van der Waals surface area contributed by atoms with Gasteiger partial charge in [0.25, 0.3) is 0 Å². The Bertz CT molecular complexity index is 1310.